The Morgan fingerprint density at radius 3 is 2.78 bits per heavy atom. The summed E-state index contributed by atoms with van der Waals surface area (Å²) in [6.45, 7) is 3.66. The number of hydrogen-bond donors (Lipinski definition) is 2. The van der Waals surface area contributed by atoms with Gasteiger partial charge in [0.05, 0.1) is 17.9 Å². The maximum Gasteiger partial charge on any atom is 0.347 e. The van der Waals surface area contributed by atoms with Gasteiger partial charge in [-0.2, -0.15) is 0 Å². The van der Waals surface area contributed by atoms with Crippen LogP contribution in [0.15, 0.2) is 18.6 Å². The highest BCUT2D eigenvalue weighted by atomic mass is 32.1. The molecule has 2 N–H and O–H groups in total. The van der Waals surface area contributed by atoms with E-state index in [1.54, 1.807) is 19.2 Å². The molecule has 0 aliphatic rings. The Balaban J connectivity index is 1.96. The summed E-state index contributed by atoms with van der Waals surface area (Å²) in [5.74, 6) is -1.31. The average molecular weight is 335 g/mol. The van der Waals surface area contributed by atoms with Crippen molar-refractivity contribution in [1.29, 1.82) is 0 Å². The first kappa shape index (κ1) is 17.0. The quantitative estimate of drug-likeness (QED) is 0.825. The monoisotopic (exact) mass is 335 g/mol. The van der Waals surface area contributed by atoms with Gasteiger partial charge < -0.3 is 10.4 Å². The van der Waals surface area contributed by atoms with Crippen molar-refractivity contribution in [3.63, 3.8) is 0 Å². The van der Waals surface area contributed by atoms with Gasteiger partial charge in [-0.1, -0.05) is 11.3 Å². The van der Waals surface area contributed by atoms with Gasteiger partial charge in [0.25, 0.3) is 0 Å². The third kappa shape index (κ3) is 4.30. The zero-order valence-electron chi connectivity index (χ0n) is 13.0. The van der Waals surface area contributed by atoms with E-state index in [0.717, 1.165) is 17.0 Å². The highest BCUT2D eigenvalue weighted by molar-refractivity contribution is 7.17. The van der Waals surface area contributed by atoms with E-state index in [-0.39, 0.29) is 28.5 Å². The molecule has 0 aromatic carbocycles. The van der Waals surface area contributed by atoms with Crippen molar-refractivity contribution in [1.82, 2.24) is 19.9 Å². The van der Waals surface area contributed by atoms with Gasteiger partial charge in [0.1, 0.15) is 11.2 Å². The molecule has 0 aliphatic heterocycles. The molecule has 0 fully saturated rings. The fourth-order valence-electron chi connectivity index (χ4n) is 1.94. The lowest BCUT2D eigenvalue weighted by atomic mass is 10.2. The first-order chi connectivity index (χ1) is 10.9. The van der Waals surface area contributed by atoms with Crippen LogP contribution < -0.4 is 5.32 Å². The van der Waals surface area contributed by atoms with Gasteiger partial charge >= 0.3 is 5.97 Å². The lowest BCUT2D eigenvalue weighted by Gasteiger charge is -2.23. The van der Waals surface area contributed by atoms with Crippen LogP contribution in [0.4, 0.5) is 5.13 Å². The molecule has 0 saturated carbocycles. The standard InChI is InChI=1S/C14H17N5O3S/c1-8-12(13(21)22)23-14(17-8)18-11(20)6-19(3)9(2)10-4-5-15-7-16-10/h4-5,7,9H,6H2,1-3H3,(H,21,22)(H,17,18,20)/t9-/m0/s1. The lowest BCUT2D eigenvalue weighted by Crippen LogP contribution is -2.32. The molecule has 122 valence electrons. The summed E-state index contributed by atoms with van der Waals surface area (Å²) in [6, 6.07) is 1.74. The van der Waals surface area contributed by atoms with E-state index in [2.05, 4.69) is 20.3 Å². The van der Waals surface area contributed by atoms with E-state index in [1.807, 2.05) is 18.9 Å². The summed E-state index contributed by atoms with van der Waals surface area (Å²) < 4.78 is 0. The average Bonchev–Trinajstić information content (AvgIpc) is 2.87. The molecule has 9 heteroatoms. The van der Waals surface area contributed by atoms with Crippen molar-refractivity contribution in [2.45, 2.75) is 19.9 Å². The highest BCUT2D eigenvalue weighted by Gasteiger charge is 2.18. The Kier molecular flexibility index (Phi) is 5.35. The van der Waals surface area contributed by atoms with Gasteiger partial charge in [-0.3, -0.25) is 9.69 Å². The molecule has 0 radical (unpaired) electrons. The van der Waals surface area contributed by atoms with Gasteiger partial charge in [0.15, 0.2) is 5.13 Å². The zero-order chi connectivity index (χ0) is 17.0. The van der Waals surface area contributed by atoms with Gasteiger partial charge in [-0.15, -0.1) is 0 Å². The first-order valence-corrected chi connectivity index (χ1v) is 7.67. The number of aromatic nitrogens is 3. The fourth-order valence-corrected chi connectivity index (χ4v) is 2.77. The Hall–Kier alpha value is -2.39. The van der Waals surface area contributed by atoms with Gasteiger partial charge in [0.2, 0.25) is 5.91 Å². The van der Waals surface area contributed by atoms with E-state index in [1.165, 1.54) is 6.33 Å². The minimum absolute atomic E-state index is 0.0589. The fraction of sp³-hybridized carbons (Fsp3) is 0.357. The molecule has 0 bridgehead atoms. The second-order valence-electron chi connectivity index (χ2n) is 5.01. The maximum atomic E-state index is 12.1. The Morgan fingerprint density at radius 1 is 1.48 bits per heavy atom. The molecular formula is C14H17N5O3S. The molecule has 23 heavy (non-hydrogen) atoms. The number of carbonyl (C=O) groups excluding carboxylic acids is 1. The molecule has 0 saturated heterocycles. The van der Waals surface area contributed by atoms with Crippen LogP contribution in [0.2, 0.25) is 0 Å². The molecule has 1 amide bonds. The number of carboxylic acid groups (broad SMARTS) is 1. The van der Waals surface area contributed by atoms with Gasteiger partial charge in [-0.05, 0) is 27.0 Å². The summed E-state index contributed by atoms with van der Waals surface area (Å²) in [6.07, 6.45) is 3.12. The largest absolute Gasteiger partial charge is 0.477 e. The van der Waals surface area contributed by atoms with Gasteiger partial charge in [-0.25, -0.2) is 19.7 Å². The van der Waals surface area contributed by atoms with Crippen LogP contribution in [0, 0.1) is 6.92 Å². The summed E-state index contributed by atoms with van der Waals surface area (Å²) in [5, 5.41) is 11.9. The minimum Gasteiger partial charge on any atom is -0.477 e. The van der Waals surface area contributed by atoms with E-state index < -0.39 is 5.97 Å². The van der Waals surface area contributed by atoms with Crippen LogP contribution >= 0.6 is 11.3 Å². The summed E-state index contributed by atoms with van der Waals surface area (Å²) in [7, 11) is 1.81. The van der Waals surface area contributed by atoms with Crippen molar-refractivity contribution >= 4 is 28.3 Å². The second kappa shape index (κ2) is 7.25. The Morgan fingerprint density at radius 2 is 2.22 bits per heavy atom. The third-order valence-electron chi connectivity index (χ3n) is 3.32. The number of aromatic carboxylic acids is 1. The number of nitrogens with one attached hydrogen (secondary N) is 1. The molecule has 1 atom stereocenters. The van der Waals surface area contributed by atoms with E-state index in [0.29, 0.717) is 5.69 Å². The predicted octanol–water partition coefficient (Wildman–Crippen LogP) is 1.57. The lowest BCUT2D eigenvalue weighted by molar-refractivity contribution is -0.117. The molecule has 2 heterocycles. The van der Waals surface area contributed by atoms with Crippen molar-refractivity contribution in [2.75, 3.05) is 18.9 Å². The van der Waals surface area contributed by atoms with Crippen LogP contribution in [0.25, 0.3) is 0 Å². The van der Waals surface area contributed by atoms with Crippen molar-refractivity contribution < 1.29 is 14.7 Å². The molecule has 2 aromatic rings. The number of carbonyl (C=O) groups is 2. The predicted molar refractivity (Wildman–Crippen MR) is 85.5 cm³/mol. The van der Waals surface area contributed by atoms with Crippen LogP contribution in [-0.4, -0.2) is 50.4 Å². The second-order valence-corrected chi connectivity index (χ2v) is 6.01. The number of thiazole rings is 1. The topological polar surface area (TPSA) is 108 Å². The Labute approximate surface area is 137 Å². The van der Waals surface area contributed by atoms with E-state index >= 15 is 0 Å². The maximum absolute atomic E-state index is 12.1. The minimum atomic E-state index is -1.05. The normalized spacial score (nSPS) is 12.2. The number of rotatable bonds is 6. The van der Waals surface area contributed by atoms with Crippen LogP contribution in [-0.2, 0) is 4.79 Å². The van der Waals surface area contributed by atoms with Crippen LogP contribution in [0.5, 0.6) is 0 Å². The summed E-state index contributed by atoms with van der Waals surface area (Å²) in [5.41, 5.74) is 1.20. The van der Waals surface area contributed by atoms with Crippen LogP contribution in [0.1, 0.15) is 34.0 Å². The number of aryl methyl sites for hydroxylation is 1. The van der Waals surface area contributed by atoms with Crippen molar-refractivity contribution in [3.8, 4) is 0 Å². The van der Waals surface area contributed by atoms with Crippen molar-refractivity contribution in [2.24, 2.45) is 0 Å². The number of anilines is 1. The van der Waals surface area contributed by atoms with E-state index in [4.69, 9.17) is 5.11 Å². The summed E-state index contributed by atoms with van der Waals surface area (Å²) in [4.78, 5) is 37.1. The third-order valence-corrected chi connectivity index (χ3v) is 4.39. The highest BCUT2D eigenvalue weighted by Crippen LogP contribution is 2.22. The number of amides is 1. The molecule has 8 nitrogen and oxygen atoms in total. The smallest absolute Gasteiger partial charge is 0.347 e. The molecule has 0 unspecified atom stereocenters. The molecule has 2 rings (SSSR count). The molecule has 0 spiro atoms. The number of likely N-dealkylation sites (N-methyl/N-ethyl adjacent to an activating group) is 1. The summed E-state index contributed by atoms with van der Waals surface area (Å²) >= 11 is 0.946. The molecule has 0 aliphatic carbocycles. The van der Waals surface area contributed by atoms with E-state index in [9.17, 15) is 9.59 Å². The van der Waals surface area contributed by atoms with Crippen molar-refractivity contribution in [3.05, 3.63) is 34.9 Å². The number of hydrogen-bond acceptors (Lipinski definition) is 7. The number of carboxylic acids is 1. The molecule has 2 aromatic heterocycles. The van der Waals surface area contributed by atoms with Gasteiger partial charge in [0, 0.05) is 12.2 Å². The molecular weight excluding hydrogens is 318 g/mol. The number of nitrogens with zero attached hydrogens (tertiary/aromatic N) is 4. The Bertz CT molecular complexity index is 704. The van der Waals surface area contributed by atoms with Crippen LogP contribution in [0.3, 0.4) is 0 Å². The zero-order valence-corrected chi connectivity index (χ0v) is 13.8. The first-order valence-electron chi connectivity index (χ1n) is 6.85. The SMILES string of the molecule is Cc1nc(NC(=O)CN(C)[C@@H](C)c2ccncn2)sc1C(=O)O.